The number of hydrogen-bond acceptors (Lipinski definition) is 3. The fraction of sp³-hybridized carbons (Fsp3) is 0.217. The minimum Gasteiger partial charge on any atom is -0.357 e. The van der Waals surface area contributed by atoms with Crippen LogP contribution >= 0.6 is 0 Å². The number of ether oxygens (including phenoxy) is 1. The quantitative estimate of drug-likeness (QED) is 0.369. The Morgan fingerprint density at radius 2 is 1.21 bits per heavy atom. The summed E-state index contributed by atoms with van der Waals surface area (Å²) in [5.74, 6) is 0. The van der Waals surface area contributed by atoms with Crippen LogP contribution in [0.4, 0.5) is 32.0 Å². The third-order valence-corrected chi connectivity index (χ3v) is 6.95. The molecule has 4 nitrogen and oxygen atoms in total. The summed E-state index contributed by atoms with van der Waals surface area (Å²) in [4.78, 5) is -0.0909. The van der Waals surface area contributed by atoms with Crippen LogP contribution in [0.25, 0.3) is 0 Å². The molecule has 0 aromatic heterocycles. The highest BCUT2D eigenvalue weighted by Gasteiger charge is 2.73. The molecule has 34 heavy (non-hydrogen) atoms. The topological polar surface area (TPSA) is 46.6 Å². The normalized spacial score (nSPS) is 13.0. The van der Waals surface area contributed by atoms with Gasteiger partial charge in [-0.15, -0.1) is 0 Å². The van der Waals surface area contributed by atoms with Gasteiger partial charge in [-0.05, 0) is 29.8 Å². The fourth-order valence-corrected chi connectivity index (χ4v) is 4.96. The lowest BCUT2D eigenvalue weighted by Gasteiger charge is -2.36. The Morgan fingerprint density at radius 3 is 1.65 bits per heavy atom. The molecule has 0 aliphatic carbocycles. The Kier molecular flexibility index (Phi) is 6.99. The molecule has 0 saturated heterocycles. The van der Waals surface area contributed by atoms with Gasteiger partial charge in [0.05, 0.1) is 17.1 Å². The molecule has 0 spiro atoms. The van der Waals surface area contributed by atoms with Crippen LogP contribution in [-0.2, 0) is 26.9 Å². The molecule has 0 fully saturated rings. The molecule has 0 heterocycles. The van der Waals surface area contributed by atoms with Gasteiger partial charge in [-0.1, -0.05) is 60.7 Å². The second-order valence-corrected chi connectivity index (χ2v) is 9.10. The van der Waals surface area contributed by atoms with Gasteiger partial charge in [-0.2, -0.15) is 26.3 Å². The maximum atomic E-state index is 13.6. The first-order valence-electron chi connectivity index (χ1n) is 9.75. The standard InChI is InChI=1S/C23H19F6NO3S/c1-33-21(22(24,25)26,23(27,28)29)18-12-14-19(15-13-18)30(16-17-8-4-2-5-9-17)34(31,32)20-10-6-3-7-11-20/h2-15H,16H2,1H3. The van der Waals surface area contributed by atoms with E-state index >= 15 is 0 Å². The zero-order chi connectivity index (χ0) is 25.2. The SMILES string of the molecule is COC(c1ccc(N(Cc2ccccc2)S(=O)(=O)c2ccccc2)cc1)(C(F)(F)F)C(F)(F)F. The number of sulfonamides is 1. The number of rotatable bonds is 7. The molecule has 0 aliphatic heterocycles. The number of hydrogen-bond donors (Lipinski definition) is 0. The molecule has 0 N–H and O–H groups in total. The van der Waals surface area contributed by atoms with E-state index in [1.165, 1.54) is 24.3 Å². The maximum absolute atomic E-state index is 13.6. The largest absolute Gasteiger partial charge is 0.430 e. The average Bonchev–Trinajstić information content (AvgIpc) is 2.78. The first-order valence-corrected chi connectivity index (χ1v) is 11.2. The lowest BCUT2D eigenvalue weighted by molar-refractivity contribution is -0.383. The zero-order valence-electron chi connectivity index (χ0n) is 17.6. The monoisotopic (exact) mass is 503 g/mol. The van der Waals surface area contributed by atoms with E-state index < -0.39 is 33.5 Å². The summed E-state index contributed by atoms with van der Waals surface area (Å²) in [7, 11) is -3.89. The van der Waals surface area contributed by atoms with Gasteiger partial charge in [0.15, 0.2) is 0 Å². The summed E-state index contributed by atoms with van der Waals surface area (Å²) >= 11 is 0. The van der Waals surface area contributed by atoms with Crippen molar-refractivity contribution in [3.63, 3.8) is 0 Å². The van der Waals surface area contributed by atoms with Crippen molar-refractivity contribution in [3.05, 3.63) is 96.1 Å². The van der Waals surface area contributed by atoms with E-state index in [2.05, 4.69) is 4.74 Å². The highest BCUT2D eigenvalue weighted by atomic mass is 32.2. The van der Waals surface area contributed by atoms with Gasteiger partial charge in [0, 0.05) is 12.7 Å². The third kappa shape index (κ3) is 4.62. The molecule has 182 valence electrons. The van der Waals surface area contributed by atoms with E-state index in [4.69, 9.17) is 0 Å². The molecule has 0 bridgehead atoms. The molecule has 3 rings (SSSR count). The maximum Gasteiger partial charge on any atom is 0.430 e. The minimum absolute atomic E-state index is 0.0909. The van der Waals surface area contributed by atoms with Gasteiger partial charge in [0.2, 0.25) is 0 Å². The fourth-order valence-electron chi connectivity index (χ4n) is 3.48. The summed E-state index contributed by atoms with van der Waals surface area (Å²) in [5, 5.41) is 0. The number of anilines is 1. The van der Waals surface area contributed by atoms with Crippen molar-refractivity contribution in [1.82, 2.24) is 0 Å². The smallest absolute Gasteiger partial charge is 0.357 e. The van der Waals surface area contributed by atoms with Crippen LogP contribution in [0.5, 0.6) is 0 Å². The number of methoxy groups -OCH3 is 1. The van der Waals surface area contributed by atoms with E-state index in [0.717, 1.165) is 16.4 Å². The van der Waals surface area contributed by atoms with Crippen LogP contribution in [0.1, 0.15) is 11.1 Å². The molecule has 3 aromatic rings. The molecule has 0 radical (unpaired) electrons. The summed E-state index contributed by atoms with van der Waals surface area (Å²) < 4.78 is 113. The zero-order valence-corrected chi connectivity index (χ0v) is 18.5. The van der Waals surface area contributed by atoms with E-state index in [1.807, 2.05) is 0 Å². The van der Waals surface area contributed by atoms with Gasteiger partial charge in [0.25, 0.3) is 15.6 Å². The van der Waals surface area contributed by atoms with Crippen LogP contribution < -0.4 is 4.31 Å². The van der Waals surface area contributed by atoms with Gasteiger partial charge in [-0.3, -0.25) is 4.31 Å². The molecule has 0 saturated carbocycles. The van der Waals surface area contributed by atoms with Crippen LogP contribution in [0.15, 0.2) is 89.8 Å². The highest BCUT2D eigenvalue weighted by Crippen LogP contribution is 2.52. The van der Waals surface area contributed by atoms with Gasteiger partial charge >= 0.3 is 12.4 Å². The number of alkyl halides is 6. The second-order valence-electron chi connectivity index (χ2n) is 7.24. The molecular formula is C23H19F6NO3S. The molecule has 0 unspecified atom stereocenters. The summed E-state index contributed by atoms with van der Waals surface area (Å²) in [6.07, 6.45) is -11.6. The van der Waals surface area contributed by atoms with Gasteiger partial charge < -0.3 is 4.74 Å². The van der Waals surface area contributed by atoms with E-state index in [0.29, 0.717) is 24.8 Å². The summed E-state index contributed by atoms with van der Waals surface area (Å²) in [6.45, 7) is -0.203. The number of benzene rings is 3. The van der Waals surface area contributed by atoms with Crippen molar-refractivity contribution in [2.45, 2.75) is 29.4 Å². The van der Waals surface area contributed by atoms with Crippen molar-refractivity contribution in [2.75, 3.05) is 11.4 Å². The Morgan fingerprint density at radius 1 is 0.735 bits per heavy atom. The van der Waals surface area contributed by atoms with Crippen molar-refractivity contribution >= 4 is 15.7 Å². The van der Waals surface area contributed by atoms with Crippen molar-refractivity contribution < 1.29 is 39.5 Å². The van der Waals surface area contributed by atoms with Crippen LogP contribution in [-0.4, -0.2) is 27.9 Å². The predicted octanol–water partition coefficient (Wildman–Crippen LogP) is 6.05. The Bertz CT molecular complexity index is 1180. The molecule has 0 atom stereocenters. The molecular weight excluding hydrogens is 484 g/mol. The first kappa shape index (κ1) is 25.6. The molecule has 3 aromatic carbocycles. The summed E-state index contributed by atoms with van der Waals surface area (Å²) in [5.41, 5.74) is -5.36. The molecule has 11 heteroatoms. The van der Waals surface area contributed by atoms with Crippen molar-refractivity contribution in [2.24, 2.45) is 0 Å². The first-order chi connectivity index (χ1) is 15.8. The van der Waals surface area contributed by atoms with Crippen molar-refractivity contribution in [3.8, 4) is 0 Å². The van der Waals surface area contributed by atoms with Gasteiger partial charge in [-0.25, -0.2) is 8.42 Å². The number of nitrogens with zero attached hydrogens (tertiary/aromatic N) is 1. The molecule has 0 amide bonds. The van der Waals surface area contributed by atoms with Crippen LogP contribution in [0.2, 0.25) is 0 Å². The predicted molar refractivity (Wildman–Crippen MR) is 113 cm³/mol. The van der Waals surface area contributed by atoms with Crippen LogP contribution in [0, 0.1) is 0 Å². The summed E-state index contributed by atoms with van der Waals surface area (Å²) in [6, 6.07) is 18.5. The Hall–Kier alpha value is -3.05. The second kappa shape index (κ2) is 9.30. The lowest BCUT2D eigenvalue weighted by Crippen LogP contribution is -2.55. The Labute approximate surface area is 192 Å². The molecule has 0 aliphatic rings. The van der Waals surface area contributed by atoms with Crippen molar-refractivity contribution in [1.29, 1.82) is 0 Å². The average molecular weight is 503 g/mol. The lowest BCUT2D eigenvalue weighted by atomic mass is 9.91. The minimum atomic E-state index is -5.82. The van der Waals surface area contributed by atoms with Crippen LogP contribution in [0.3, 0.4) is 0 Å². The Balaban J connectivity index is 2.13. The third-order valence-electron chi connectivity index (χ3n) is 5.17. The highest BCUT2D eigenvalue weighted by molar-refractivity contribution is 7.92. The van der Waals surface area contributed by atoms with E-state index in [1.54, 1.807) is 36.4 Å². The van der Waals surface area contributed by atoms with E-state index in [9.17, 15) is 34.8 Å². The number of halogens is 6. The van der Waals surface area contributed by atoms with Gasteiger partial charge in [0.1, 0.15) is 0 Å². The van der Waals surface area contributed by atoms with E-state index in [-0.39, 0.29) is 17.1 Å².